The molecule has 2 aromatic carbocycles. The summed E-state index contributed by atoms with van der Waals surface area (Å²) >= 11 is 1.57. The number of carbonyl (C=O) groups is 2. The molecule has 0 saturated heterocycles. The first kappa shape index (κ1) is 22.0. The van der Waals surface area contributed by atoms with Gasteiger partial charge in [-0.1, -0.05) is 60.7 Å². The van der Waals surface area contributed by atoms with Crippen molar-refractivity contribution >= 4 is 23.6 Å². The van der Waals surface area contributed by atoms with Gasteiger partial charge in [0.1, 0.15) is 6.04 Å². The Kier molecular flexibility index (Phi) is 8.12. The van der Waals surface area contributed by atoms with Gasteiger partial charge in [-0.3, -0.25) is 9.59 Å². The van der Waals surface area contributed by atoms with Crippen molar-refractivity contribution in [3.05, 3.63) is 71.8 Å². The predicted octanol–water partition coefficient (Wildman–Crippen LogP) is 4.25. The van der Waals surface area contributed by atoms with Crippen LogP contribution in [-0.4, -0.2) is 34.0 Å². The summed E-state index contributed by atoms with van der Waals surface area (Å²) in [6, 6.07) is 19.3. The fourth-order valence-corrected chi connectivity index (χ4v) is 3.62. The minimum Gasteiger partial charge on any atom is -0.350 e. The van der Waals surface area contributed by atoms with Gasteiger partial charge in [0, 0.05) is 17.8 Å². The van der Waals surface area contributed by atoms with Crippen molar-refractivity contribution in [3.8, 4) is 0 Å². The number of hydrogen-bond acceptors (Lipinski definition) is 3. The van der Waals surface area contributed by atoms with Crippen LogP contribution in [0.2, 0.25) is 0 Å². The smallest absolute Gasteiger partial charge is 0.242 e. The zero-order valence-corrected chi connectivity index (χ0v) is 18.0. The normalized spacial score (nSPS) is 12.3. The maximum Gasteiger partial charge on any atom is 0.242 e. The molecule has 150 valence electrons. The van der Waals surface area contributed by atoms with E-state index >= 15 is 0 Å². The van der Waals surface area contributed by atoms with Crippen molar-refractivity contribution in [3.63, 3.8) is 0 Å². The topological polar surface area (TPSA) is 49.4 Å². The molecular formula is C23H30N2O2S. The summed E-state index contributed by atoms with van der Waals surface area (Å²) in [6.07, 6.45) is 0. The zero-order valence-electron chi connectivity index (χ0n) is 17.1. The molecule has 0 spiro atoms. The van der Waals surface area contributed by atoms with Gasteiger partial charge in [0.15, 0.2) is 0 Å². The van der Waals surface area contributed by atoms with Gasteiger partial charge in [0.2, 0.25) is 11.8 Å². The molecule has 0 aliphatic heterocycles. The quantitative estimate of drug-likeness (QED) is 0.723. The van der Waals surface area contributed by atoms with Crippen LogP contribution < -0.4 is 5.32 Å². The van der Waals surface area contributed by atoms with Gasteiger partial charge in [-0.15, -0.1) is 11.8 Å². The summed E-state index contributed by atoms with van der Waals surface area (Å²) in [6.45, 7) is 8.04. The van der Waals surface area contributed by atoms with Crippen LogP contribution in [0.15, 0.2) is 60.7 Å². The summed E-state index contributed by atoms with van der Waals surface area (Å²) < 4.78 is 0. The molecular weight excluding hydrogens is 368 g/mol. The lowest BCUT2D eigenvalue weighted by Gasteiger charge is -2.31. The monoisotopic (exact) mass is 398 g/mol. The average molecular weight is 399 g/mol. The Morgan fingerprint density at radius 3 is 2.04 bits per heavy atom. The van der Waals surface area contributed by atoms with Crippen molar-refractivity contribution in [2.24, 2.45) is 0 Å². The highest BCUT2D eigenvalue weighted by Crippen LogP contribution is 2.16. The Bertz CT molecular complexity index is 757. The van der Waals surface area contributed by atoms with Crippen LogP contribution in [0.1, 0.15) is 38.8 Å². The number of rotatable bonds is 8. The highest BCUT2D eigenvalue weighted by atomic mass is 32.2. The summed E-state index contributed by atoms with van der Waals surface area (Å²) in [5.41, 5.74) is 1.86. The van der Waals surface area contributed by atoms with Crippen LogP contribution in [0.3, 0.4) is 0 Å². The number of thioether (sulfide) groups is 1. The standard InChI is InChI=1S/C23H30N2O2S/c1-18(22(27)24-23(2,3)4)25(15-19-11-7-5-8-12-19)21(26)17-28-16-20-13-9-6-10-14-20/h5-14,18H,15-17H2,1-4H3,(H,24,27)/t18-/m1/s1. The number of carbonyl (C=O) groups excluding carboxylic acids is 2. The van der Waals surface area contributed by atoms with Crippen LogP contribution in [0.4, 0.5) is 0 Å². The molecule has 2 amide bonds. The molecule has 5 heteroatoms. The van der Waals surface area contributed by atoms with Gasteiger partial charge >= 0.3 is 0 Å². The second kappa shape index (κ2) is 10.3. The first-order valence-electron chi connectivity index (χ1n) is 9.53. The molecule has 1 N–H and O–H groups in total. The third kappa shape index (κ3) is 7.39. The van der Waals surface area contributed by atoms with Gasteiger partial charge < -0.3 is 10.2 Å². The highest BCUT2D eigenvalue weighted by molar-refractivity contribution is 7.99. The van der Waals surface area contributed by atoms with Crippen LogP contribution in [-0.2, 0) is 21.9 Å². The molecule has 0 radical (unpaired) electrons. The number of nitrogens with one attached hydrogen (secondary N) is 1. The van der Waals surface area contributed by atoms with Crippen molar-refractivity contribution < 1.29 is 9.59 Å². The summed E-state index contributed by atoms with van der Waals surface area (Å²) in [7, 11) is 0. The summed E-state index contributed by atoms with van der Waals surface area (Å²) in [5.74, 6) is 0.953. The number of hydrogen-bond donors (Lipinski definition) is 1. The number of benzene rings is 2. The second-order valence-electron chi connectivity index (χ2n) is 7.90. The van der Waals surface area contributed by atoms with E-state index in [1.165, 1.54) is 5.56 Å². The Hall–Kier alpha value is -2.27. The Morgan fingerprint density at radius 2 is 1.50 bits per heavy atom. The Morgan fingerprint density at radius 1 is 0.964 bits per heavy atom. The predicted molar refractivity (Wildman–Crippen MR) is 117 cm³/mol. The molecule has 0 saturated carbocycles. The Balaban J connectivity index is 2.05. The molecule has 0 heterocycles. The fourth-order valence-electron chi connectivity index (χ4n) is 2.75. The fraction of sp³-hybridized carbons (Fsp3) is 0.391. The minimum absolute atomic E-state index is 0.0265. The lowest BCUT2D eigenvalue weighted by Crippen LogP contribution is -2.52. The van der Waals surface area contributed by atoms with E-state index in [1.807, 2.05) is 69.3 Å². The van der Waals surface area contributed by atoms with Gasteiger partial charge in [-0.25, -0.2) is 0 Å². The van der Waals surface area contributed by atoms with Gasteiger partial charge in [-0.05, 0) is 38.8 Å². The van der Waals surface area contributed by atoms with Gasteiger partial charge in [-0.2, -0.15) is 0 Å². The molecule has 0 aromatic heterocycles. The highest BCUT2D eigenvalue weighted by Gasteiger charge is 2.28. The minimum atomic E-state index is -0.538. The summed E-state index contributed by atoms with van der Waals surface area (Å²) in [5, 5.41) is 2.98. The van der Waals surface area contributed by atoms with E-state index in [2.05, 4.69) is 17.4 Å². The maximum atomic E-state index is 13.0. The third-order valence-electron chi connectivity index (χ3n) is 4.20. The van der Waals surface area contributed by atoms with Crippen molar-refractivity contribution in [2.75, 3.05) is 5.75 Å². The molecule has 0 aliphatic carbocycles. The van der Waals surface area contributed by atoms with Crippen LogP contribution >= 0.6 is 11.8 Å². The third-order valence-corrected chi connectivity index (χ3v) is 5.19. The van der Waals surface area contributed by atoms with Crippen molar-refractivity contribution in [1.29, 1.82) is 0 Å². The Labute approximate surface area is 172 Å². The SMILES string of the molecule is C[C@H](C(=O)NC(C)(C)C)N(Cc1ccccc1)C(=O)CSCc1ccccc1. The molecule has 0 aliphatic rings. The lowest BCUT2D eigenvalue weighted by molar-refractivity contribution is -0.139. The van der Waals surface area contributed by atoms with Crippen LogP contribution in [0.5, 0.6) is 0 Å². The molecule has 1 atom stereocenters. The van der Waals surface area contributed by atoms with E-state index in [0.29, 0.717) is 12.3 Å². The van der Waals surface area contributed by atoms with E-state index in [9.17, 15) is 9.59 Å². The number of nitrogens with zero attached hydrogens (tertiary/aromatic N) is 1. The molecule has 4 nitrogen and oxygen atoms in total. The largest absolute Gasteiger partial charge is 0.350 e. The molecule has 0 bridgehead atoms. The van der Waals surface area contributed by atoms with Crippen LogP contribution in [0, 0.1) is 0 Å². The number of amides is 2. The second-order valence-corrected chi connectivity index (χ2v) is 8.89. The van der Waals surface area contributed by atoms with E-state index < -0.39 is 6.04 Å². The van der Waals surface area contributed by atoms with E-state index in [4.69, 9.17) is 0 Å². The molecule has 2 aromatic rings. The van der Waals surface area contributed by atoms with Crippen molar-refractivity contribution in [1.82, 2.24) is 10.2 Å². The molecule has 28 heavy (non-hydrogen) atoms. The lowest BCUT2D eigenvalue weighted by atomic mass is 10.1. The maximum absolute atomic E-state index is 13.0. The zero-order chi connectivity index (χ0) is 20.6. The molecule has 0 fully saturated rings. The first-order chi connectivity index (χ1) is 13.3. The van der Waals surface area contributed by atoms with Gasteiger partial charge in [0.05, 0.1) is 5.75 Å². The average Bonchev–Trinajstić information content (AvgIpc) is 2.66. The summed E-state index contributed by atoms with van der Waals surface area (Å²) in [4.78, 5) is 27.3. The van der Waals surface area contributed by atoms with Crippen LogP contribution in [0.25, 0.3) is 0 Å². The van der Waals surface area contributed by atoms with E-state index in [0.717, 1.165) is 11.3 Å². The van der Waals surface area contributed by atoms with E-state index in [-0.39, 0.29) is 17.4 Å². The first-order valence-corrected chi connectivity index (χ1v) is 10.7. The molecule has 0 unspecified atom stereocenters. The van der Waals surface area contributed by atoms with E-state index in [1.54, 1.807) is 23.6 Å². The van der Waals surface area contributed by atoms with Crippen molar-refractivity contribution in [2.45, 2.75) is 51.6 Å². The molecule has 2 rings (SSSR count). The van der Waals surface area contributed by atoms with Gasteiger partial charge in [0.25, 0.3) is 0 Å².